The highest BCUT2D eigenvalue weighted by Crippen LogP contribution is 2.32. The molecule has 16 bridgehead atoms. The summed E-state index contributed by atoms with van der Waals surface area (Å²) in [6.07, 6.45) is 0. The van der Waals surface area contributed by atoms with Crippen molar-refractivity contribution in [3.05, 3.63) is 154 Å². The Labute approximate surface area is 311 Å². The first-order chi connectivity index (χ1) is 26.9. The maximum absolute atomic E-state index is 13.8. The monoisotopic (exact) mass is 756 g/mol. The molecule has 8 aromatic rings. The summed E-state index contributed by atoms with van der Waals surface area (Å²) in [5, 5.41) is -0.471. The molecule has 0 amide bonds. The van der Waals surface area contributed by atoms with Gasteiger partial charge >= 0.3 is 0 Å². The highest BCUT2D eigenvalue weighted by Gasteiger charge is 2.25. The third kappa shape index (κ3) is 4.64. The van der Waals surface area contributed by atoms with Crippen molar-refractivity contribution >= 4 is 43.1 Å². The van der Waals surface area contributed by atoms with Gasteiger partial charge in [-0.3, -0.25) is 56.6 Å². The summed E-state index contributed by atoms with van der Waals surface area (Å²) in [5.74, 6) is 0.811. The van der Waals surface area contributed by atoms with E-state index in [9.17, 15) is 38.4 Å². The second-order valence-electron chi connectivity index (χ2n) is 13.6. The van der Waals surface area contributed by atoms with Crippen LogP contribution >= 0.6 is 0 Å². The van der Waals surface area contributed by atoms with Crippen LogP contribution in [0.15, 0.2) is 86.9 Å². The molecule has 0 N–H and O–H groups in total. The van der Waals surface area contributed by atoms with Crippen LogP contribution in [-0.2, 0) is 26.2 Å². The van der Waals surface area contributed by atoms with Crippen LogP contribution in [0, 0.1) is 0 Å². The first kappa shape index (κ1) is 34.4. The Morgan fingerprint density at radius 1 is 0.304 bits per heavy atom. The largest absolute Gasteiger partial charge is 0.496 e. The van der Waals surface area contributed by atoms with E-state index in [1.165, 1.54) is 77.0 Å². The second kappa shape index (κ2) is 12.1. The van der Waals surface area contributed by atoms with Crippen LogP contribution in [0.1, 0.15) is 22.3 Å². The fraction of sp³-hybridized carbons (Fsp3) is 0.200. The molecule has 280 valence electrons. The number of hydrogen-bond donors (Lipinski definition) is 0. The number of benzene rings is 4. The normalized spacial score (nSPS) is 12.9. The lowest BCUT2D eigenvalue weighted by atomic mass is 10.1. The molecule has 10 aliphatic heterocycles. The Morgan fingerprint density at radius 3 is 0.607 bits per heavy atom. The standard InChI is InChI=1S/C40H28N4O12/c1-53-29-5-18-14-42-35(47)23-11-27-28(12-24(23)36(42)48)40(52)44(39(27)51)16-20-8-31(55-3)19(7-32(20)56-4)15-43-37(49)25-9-21-22(10-26(25)38(43)50)34(46)41(33(21)45)13-17(29)6-30(18)54-2/h5-12H,13-16H2,1-4H3. The van der Waals surface area contributed by atoms with Crippen molar-refractivity contribution in [3.63, 3.8) is 0 Å². The molecule has 10 aliphatic rings. The van der Waals surface area contributed by atoms with E-state index in [2.05, 4.69) is 0 Å². The van der Waals surface area contributed by atoms with Crippen LogP contribution in [0.25, 0.3) is 43.1 Å². The van der Waals surface area contributed by atoms with Gasteiger partial charge in [0, 0.05) is 22.3 Å². The molecule has 0 aliphatic carbocycles. The van der Waals surface area contributed by atoms with Crippen molar-refractivity contribution in [1.82, 2.24) is 18.3 Å². The number of hydrogen-bond acceptors (Lipinski definition) is 12. The predicted octanol–water partition coefficient (Wildman–Crippen LogP) is 0.679. The van der Waals surface area contributed by atoms with Gasteiger partial charge in [0.25, 0.3) is 44.5 Å². The van der Waals surface area contributed by atoms with Crippen molar-refractivity contribution in [2.24, 2.45) is 0 Å². The minimum absolute atomic E-state index is 0.0589. The van der Waals surface area contributed by atoms with Gasteiger partial charge in [-0.25, -0.2) is 0 Å². The number of aromatic nitrogens is 4. The van der Waals surface area contributed by atoms with Crippen LogP contribution in [-0.4, -0.2) is 46.7 Å². The van der Waals surface area contributed by atoms with Gasteiger partial charge < -0.3 is 18.9 Å². The second-order valence-corrected chi connectivity index (χ2v) is 13.6. The van der Waals surface area contributed by atoms with Gasteiger partial charge in [-0.05, 0) is 48.5 Å². The van der Waals surface area contributed by atoms with Crippen LogP contribution < -0.4 is 63.4 Å². The summed E-state index contributed by atoms with van der Waals surface area (Å²) < 4.78 is 26.3. The highest BCUT2D eigenvalue weighted by molar-refractivity contribution is 5.99. The fourth-order valence-corrected chi connectivity index (χ4v) is 7.95. The van der Waals surface area contributed by atoms with Gasteiger partial charge in [-0.2, -0.15) is 0 Å². The Hall–Kier alpha value is -7.36. The zero-order chi connectivity index (χ0) is 39.5. The maximum Gasteiger partial charge on any atom is 0.261 e. The van der Waals surface area contributed by atoms with Gasteiger partial charge in [0.2, 0.25) is 0 Å². The van der Waals surface area contributed by atoms with E-state index in [1.807, 2.05) is 0 Å². The quantitative estimate of drug-likeness (QED) is 0.244. The molecule has 0 saturated carbocycles. The molecule has 4 aromatic carbocycles. The third-order valence-electron chi connectivity index (χ3n) is 10.8. The number of methoxy groups -OCH3 is 4. The molecule has 0 spiro atoms. The molecule has 0 fully saturated rings. The maximum atomic E-state index is 13.8. The summed E-state index contributed by atoms with van der Waals surface area (Å²) in [7, 11) is 5.46. The summed E-state index contributed by atoms with van der Waals surface area (Å²) in [5.41, 5.74) is -4.22. The molecule has 16 heteroatoms. The van der Waals surface area contributed by atoms with Crippen molar-refractivity contribution in [2.75, 3.05) is 28.4 Å². The molecule has 0 unspecified atom stereocenters. The van der Waals surface area contributed by atoms with Gasteiger partial charge in [0.15, 0.2) is 0 Å². The zero-order valence-corrected chi connectivity index (χ0v) is 30.1. The molecule has 16 nitrogen and oxygen atoms in total. The van der Waals surface area contributed by atoms with Gasteiger partial charge in [-0.1, -0.05) is 0 Å². The average molecular weight is 757 g/mol. The van der Waals surface area contributed by atoms with Crippen LogP contribution in [0.4, 0.5) is 0 Å². The summed E-state index contributed by atoms with van der Waals surface area (Å²) in [6, 6.07) is 11.0. The molecule has 18 rings (SSSR count). The van der Waals surface area contributed by atoms with E-state index in [0.29, 0.717) is 22.3 Å². The van der Waals surface area contributed by atoms with Crippen molar-refractivity contribution in [1.29, 1.82) is 0 Å². The molecular weight excluding hydrogens is 728 g/mol. The average Bonchev–Trinajstić information content (AvgIpc) is 3.77. The Bertz CT molecular complexity index is 2880. The lowest BCUT2D eigenvalue weighted by molar-refractivity contribution is 0.392. The molecule has 0 saturated heterocycles. The summed E-state index contributed by atoms with van der Waals surface area (Å²) in [6.45, 7) is -1.17. The fourth-order valence-electron chi connectivity index (χ4n) is 7.95. The van der Waals surface area contributed by atoms with Crippen LogP contribution in [0.3, 0.4) is 0 Å². The summed E-state index contributed by atoms with van der Waals surface area (Å²) in [4.78, 5) is 110. The van der Waals surface area contributed by atoms with Crippen molar-refractivity contribution in [3.8, 4) is 23.0 Å². The van der Waals surface area contributed by atoms with E-state index in [0.717, 1.165) is 18.3 Å². The number of nitrogens with zero attached hydrogens (tertiary/aromatic N) is 4. The van der Waals surface area contributed by atoms with Gasteiger partial charge in [0.1, 0.15) is 23.0 Å². The lowest BCUT2D eigenvalue weighted by Crippen LogP contribution is -2.28. The molecule has 56 heavy (non-hydrogen) atoms. The molecule has 0 radical (unpaired) electrons. The topological polar surface area (TPSA) is 193 Å². The molecule has 0 atom stereocenters. The minimum Gasteiger partial charge on any atom is -0.496 e. The van der Waals surface area contributed by atoms with Crippen LogP contribution in [0.5, 0.6) is 23.0 Å². The Kier molecular flexibility index (Phi) is 7.42. The van der Waals surface area contributed by atoms with E-state index in [1.54, 1.807) is 0 Å². The summed E-state index contributed by atoms with van der Waals surface area (Å²) >= 11 is 0. The predicted molar refractivity (Wildman–Crippen MR) is 205 cm³/mol. The minimum atomic E-state index is -0.697. The Balaban J connectivity index is 1.33. The number of rotatable bonds is 4. The lowest BCUT2D eigenvalue weighted by Gasteiger charge is -2.15. The van der Waals surface area contributed by atoms with E-state index in [-0.39, 0.29) is 92.3 Å². The Morgan fingerprint density at radius 2 is 0.464 bits per heavy atom. The SMILES string of the molecule is COc1cc2c(OC)cc1Cn1c(=O)c3cc4c(=O)n(c(=O)c4cc3c1=O)Cc1cc(OC)c(cc1OC)Cn1c(=O)c3cc4c(=O)n(c(=O)c4cc3c1=O)C2. The first-order valence-electron chi connectivity index (χ1n) is 17.2. The molecule has 4 aromatic heterocycles. The van der Waals surface area contributed by atoms with E-state index < -0.39 is 44.5 Å². The van der Waals surface area contributed by atoms with E-state index in [4.69, 9.17) is 18.9 Å². The molecular formula is C40H28N4O12. The van der Waals surface area contributed by atoms with Crippen molar-refractivity contribution < 1.29 is 18.9 Å². The van der Waals surface area contributed by atoms with Crippen LogP contribution in [0.2, 0.25) is 0 Å². The highest BCUT2D eigenvalue weighted by atomic mass is 16.5. The van der Waals surface area contributed by atoms with Gasteiger partial charge in [0.05, 0.1) is 97.7 Å². The molecule has 14 heterocycles. The zero-order valence-electron chi connectivity index (χ0n) is 30.1. The third-order valence-corrected chi connectivity index (χ3v) is 10.8. The number of ether oxygens (including phenoxy) is 4. The van der Waals surface area contributed by atoms with Crippen molar-refractivity contribution in [2.45, 2.75) is 26.2 Å². The first-order valence-corrected chi connectivity index (χ1v) is 17.2. The van der Waals surface area contributed by atoms with E-state index >= 15 is 0 Å². The van der Waals surface area contributed by atoms with Gasteiger partial charge in [-0.15, -0.1) is 0 Å². The smallest absolute Gasteiger partial charge is 0.261 e.